The average Bonchev–Trinajstić information content (AvgIpc) is 2.69. The van der Waals surface area contributed by atoms with Crippen molar-refractivity contribution in [2.75, 3.05) is 0 Å². The predicted octanol–water partition coefficient (Wildman–Crippen LogP) is 6.64. The van der Waals surface area contributed by atoms with Gasteiger partial charge in [0.1, 0.15) is 0 Å². The molecule has 0 aliphatic carbocycles. The molecule has 2 aromatic carbocycles. The Hall–Kier alpha value is -2.62. The summed E-state index contributed by atoms with van der Waals surface area (Å²) in [5.74, 6) is 0. The maximum atomic E-state index is 11.8. The second kappa shape index (κ2) is 9.67. The average molecular weight is 439 g/mol. The summed E-state index contributed by atoms with van der Waals surface area (Å²) in [6.45, 7) is 15.2. The molecule has 0 saturated heterocycles. The highest BCUT2D eigenvalue weighted by molar-refractivity contribution is 6.72. The van der Waals surface area contributed by atoms with E-state index in [1.807, 2.05) is 45.0 Å². The third-order valence-electron chi connectivity index (χ3n) is 5.76. The molecule has 0 atom stereocenters. The summed E-state index contributed by atoms with van der Waals surface area (Å²) < 4.78 is 6.27. The third-order valence-corrected chi connectivity index (χ3v) is 9.43. The van der Waals surface area contributed by atoms with E-state index in [-0.39, 0.29) is 6.54 Å². The molecule has 0 aromatic heterocycles. The van der Waals surface area contributed by atoms with Crippen LogP contribution in [0, 0.1) is 11.3 Å². The van der Waals surface area contributed by atoms with Crippen LogP contribution in [-0.2, 0) is 17.6 Å². The Morgan fingerprint density at radius 3 is 2.32 bits per heavy atom. The summed E-state index contributed by atoms with van der Waals surface area (Å²) in [5, 5.41) is 19.2. The molecule has 0 fully saturated rings. The van der Waals surface area contributed by atoms with Crippen molar-refractivity contribution >= 4 is 14.4 Å². The lowest BCUT2D eigenvalue weighted by Crippen LogP contribution is -2.44. The van der Waals surface area contributed by atoms with Crippen molar-refractivity contribution in [1.29, 1.82) is 5.26 Å². The third kappa shape index (κ3) is 6.68. The molecule has 0 aliphatic rings. The zero-order chi connectivity index (χ0) is 23.4. The van der Waals surface area contributed by atoms with Gasteiger partial charge in [0.05, 0.1) is 18.2 Å². The van der Waals surface area contributed by atoms with Crippen LogP contribution in [0.2, 0.25) is 18.6 Å². The molecule has 0 saturated carbocycles. The highest BCUT2D eigenvalue weighted by Gasteiger charge is 2.27. The Morgan fingerprint density at radius 2 is 1.77 bits per heavy atom. The van der Waals surface area contributed by atoms with E-state index in [9.17, 15) is 15.2 Å². The van der Waals surface area contributed by atoms with Crippen molar-refractivity contribution in [1.82, 2.24) is 4.90 Å². The van der Waals surface area contributed by atoms with E-state index in [1.165, 1.54) is 4.90 Å². The summed E-state index contributed by atoms with van der Waals surface area (Å²) in [6.07, 6.45) is -0.979. The molecule has 1 amide bonds. The number of nitriles is 1. The van der Waals surface area contributed by atoms with Crippen LogP contribution in [0.15, 0.2) is 42.5 Å². The normalized spacial score (nSPS) is 12.0. The zero-order valence-electron chi connectivity index (χ0n) is 19.7. The molecule has 1 N–H and O–H groups in total. The van der Waals surface area contributed by atoms with Crippen LogP contribution >= 0.6 is 0 Å². The van der Waals surface area contributed by atoms with Gasteiger partial charge in [-0.3, -0.25) is 4.90 Å². The van der Waals surface area contributed by atoms with E-state index in [0.29, 0.717) is 17.7 Å². The van der Waals surface area contributed by atoms with Gasteiger partial charge >= 0.3 is 6.09 Å². The van der Waals surface area contributed by atoms with Gasteiger partial charge in [-0.15, -0.1) is 0 Å². The van der Waals surface area contributed by atoms with Gasteiger partial charge in [-0.25, -0.2) is 4.79 Å². The minimum Gasteiger partial charge on any atom is -0.465 e. The van der Waals surface area contributed by atoms with Crippen molar-refractivity contribution in [2.24, 2.45) is 0 Å². The molecular weight excluding hydrogens is 404 g/mol. The molecule has 0 bridgehead atoms. The fraction of sp³-hybridized carbons (Fsp3) is 0.440. The zero-order valence-corrected chi connectivity index (χ0v) is 20.7. The monoisotopic (exact) mass is 438 g/mol. The SMILES string of the molecule is CC(C)[Si](C)(C)OCc1cccc(-c2cc(C#N)cc(CN(C(=O)O)C(C)(C)C)c2)c1. The molecular formula is C25H34N2O3Si. The largest absolute Gasteiger partial charge is 0.465 e. The Labute approximate surface area is 187 Å². The van der Waals surface area contributed by atoms with E-state index in [4.69, 9.17) is 4.43 Å². The minimum atomic E-state index is -1.74. The number of carbonyl (C=O) groups is 1. The van der Waals surface area contributed by atoms with E-state index in [0.717, 1.165) is 22.3 Å². The maximum absolute atomic E-state index is 11.8. The number of hydrogen-bond donors (Lipinski definition) is 1. The molecule has 166 valence electrons. The smallest absolute Gasteiger partial charge is 0.408 e. The summed E-state index contributed by atoms with van der Waals surface area (Å²) in [5.41, 5.74) is 4.27. The van der Waals surface area contributed by atoms with Gasteiger partial charge in [0.2, 0.25) is 0 Å². The minimum absolute atomic E-state index is 0.221. The van der Waals surface area contributed by atoms with Crippen LogP contribution in [0.25, 0.3) is 11.1 Å². The first-order valence-electron chi connectivity index (χ1n) is 10.6. The fourth-order valence-electron chi connectivity index (χ4n) is 3.07. The molecule has 2 rings (SSSR count). The summed E-state index contributed by atoms with van der Waals surface area (Å²) in [6, 6.07) is 15.9. The Bertz CT molecular complexity index is 971. The molecule has 0 radical (unpaired) electrons. The molecule has 0 aliphatic heterocycles. The lowest BCUT2D eigenvalue weighted by molar-refractivity contribution is 0.0955. The van der Waals surface area contributed by atoms with Gasteiger partial charge < -0.3 is 9.53 Å². The lowest BCUT2D eigenvalue weighted by atomic mass is 9.97. The molecule has 31 heavy (non-hydrogen) atoms. The van der Waals surface area contributed by atoms with Gasteiger partial charge in [-0.05, 0) is 85.9 Å². The number of benzene rings is 2. The maximum Gasteiger partial charge on any atom is 0.408 e. The van der Waals surface area contributed by atoms with E-state index in [2.05, 4.69) is 45.1 Å². The number of nitrogens with zero attached hydrogens (tertiary/aromatic N) is 2. The molecule has 5 nitrogen and oxygen atoms in total. The summed E-state index contributed by atoms with van der Waals surface area (Å²) in [4.78, 5) is 13.1. The van der Waals surface area contributed by atoms with Crippen LogP contribution in [0.3, 0.4) is 0 Å². The van der Waals surface area contributed by atoms with E-state index >= 15 is 0 Å². The number of amides is 1. The Kier molecular flexibility index (Phi) is 7.69. The second-order valence-electron chi connectivity index (χ2n) is 9.82. The quantitative estimate of drug-likeness (QED) is 0.492. The predicted molar refractivity (Wildman–Crippen MR) is 127 cm³/mol. The first-order chi connectivity index (χ1) is 14.3. The first-order valence-corrected chi connectivity index (χ1v) is 13.6. The van der Waals surface area contributed by atoms with Crippen LogP contribution in [0.4, 0.5) is 4.79 Å². The van der Waals surface area contributed by atoms with Gasteiger partial charge in [-0.1, -0.05) is 32.0 Å². The van der Waals surface area contributed by atoms with Gasteiger partial charge in [-0.2, -0.15) is 5.26 Å². The van der Waals surface area contributed by atoms with Crippen molar-refractivity contribution in [2.45, 2.75) is 71.9 Å². The van der Waals surface area contributed by atoms with Crippen molar-refractivity contribution < 1.29 is 14.3 Å². The number of carboxylic acid groups (broad SMARTS) is 1. The van der Waals surface area contributed by atoms with E-state index in [1.54, 1.807) is 6.07 Å². The van der Waals surface area contributed by atoms with Gasteiger partial charge in [0.15, 0.2) is 8.32 Å². The Morgan fingerprint density at radius 1 is 1.13 bits per heavy atom. The summed E-state index contributed by atoms with van der Waals surface area (Å²) in [7, 11) is -1.74. The van der Waals surface area contributed by atoms with Crippen LogP contribution in [-0.4, -0.2) is 30.0 Å². The van der Waals surface area contributed by atoms with Gasteiger partial charge in [0, 0.05) is 12.1 Å². The first kappa shape index (κ1) is 24.6. The Balaban J connectivity index is 2.36. The lowest BCUT2D eigenvalue weighted by Gasteiger charge is -2.33. The second-order valence-corrected chi connectivity index (χ2v) is 14.5. The molecule has 6 heteroatoms. The number of rotatable bonds is 7. The van der Waals surface area contributed by atoms with Crippen LogP contribution in [0.1, 0.15) is 51.3 Å². The van der Waals surface area contributed by atoms with Crippen molar-refractivity contribution in [3.63, 3.8) is 0 Å². The number of hydrogen-bond acceptors (Lipinski definition) is 3. The van der Waals surface area contributed by atoms with E-state index < -0.39 is 19.9 Å². The molecule has 0 spiro atoms. The van der Waals surface area contributed by atoms with Crippen LogP contribution in [0.5, 0.6) is 0 Å². The highest BCUT2D eigenvalue weighted by atomic mass is 28.4. The van der Waals surface area contributed by atoms with Crippen molar-refractivity contribution in [3.8, 4) is 17.2 Å². The summed E-state index contributed by atoms with van der Waals surface area (Å²) >= 11 is 0. The van der Waals surface area contributed by atoms with Crippen LogP contribution < -0.4 is 0 Å². The van der Waals surface area contributed by atoms with Gasteiger partial charge in [0.25, 0.3) is 0 Å². The molecule has 0 unspecified atom stereocenters. The fourth-order valence-corrected chi connectivity index (χ4v) is 3.94. The molecule has 0 heterocycles. The topological polar surface area (TPSA) is 73.6 Å². The standard InChI is InChI=1S/C25H34N2O3Si/c1-18(2)31(6,7)30-17-19-9-8-10-22(12-19)23-13-20(15-26)11-21(14-23)16-27(24(28)29)25(3,4)5/h8-14,18H,16-17H2,1-7H3,(H,28,29). The molecule has 2 aromatic rings. The highest BCUT2D eigenvalue weighted by Crippen LogP contribution is 2.27. The van der Waals surface area contributed by atoms with Crippen molar-refractivity contribution in [3.05, 3.63) is 59.2 Å².